The summed E-state index contributed by atoms with van der Waals surface area (Å²) in [4.78, 5) is 4.22. The minimum absolute atomic E-state index is 0.322. The molecule has 3 heteroatoms. The van der Waals surface area contributed by atoms with Crippen molar-refractivity contribution in [2.24, 2.45) is 0 Å². The number of para-hydroxylation sites is 1. The van der Waals surface area contributed by atoms with Gasteiger partial charge in [-0.25, -0.2) is 0 Å². The highest BCUT2D eigenvalue weighted by molar-refractivity contribution is 5.54. The van der Waals surface area contributed by atoms with Crippen LogP contribution < -0.4 is 10.1 Å². The lowest BCUT2D eigenvalue weighted by atomic mass is 9.94. The highest BCUT2D eigenvalue weighted by Gasteiger charge is 2.19. The van der Waals surface area contributed by atoms with E-state index in [1.807, 2.05) is 6.20 Å². The minimum Gasteiger partial charge on any atom is -0.495 e. The van der Waals surface area contributed by atoms with Gasteiger partial charge in [0.1, 0.15) is 5.75 Å². The van der Waals surface area contributed by atoms with Crippen molar-refractivity contribution in [3.63, 3.8) is 0 Å². The lowest BCUT2D eigenvalue weighted by molar-refractivity contribution is 0.411. The fraction of sp³-hybridized carbons (Fsp3) is 0.267. The molecule has 0 saturated carbocycles. The standard InChI is InChI=1S/C15H16N2O/c1-18-13-8-12(9-16-10-13)15-7-6-11-4-2-3-5-14(11)17-15/h2-5,8-10,15,17H,6-7H2,1H3. The van der Waals surface area contributed by atoms with Crippen LogP contribution in [0.15, 0.2) is 42.7 Å². The maximum absolute atomic E-state index is 5.22. The Morgan fingerprint density at radius 2 is 2.17 bits per heavy atom. The van der Waals surface area contributed by atoms with Crippen molar-refractivity contribution in [1.82, 2.24) is 4.98 Å². The maximum Gasteiger partial charge on any atom is 0.137 e. The van der Waals surface area contributed by atoms with E-state index in [9.17, 15) is 0 Å². The van der Waals surface area contributed by atoms with Gasteiger partial charge in [-0.3, -0.25) is 4.98 Å². The summed E-state index contributed by atoms with van der Waals surface area (Å²) in [7, 11) is 1.67. The molecule has 0 fully saturated rings. The molecule has 1 aromatic heterocycles. The highest BCUT2D eigenvalue weighted by atomic mass is 16.5. The van der Waals surface area contributed by atoms with E-state index in [4.69, 9.17) is 4.74 Å². The molecule has 2 aromatic rings. The van der Waals surface area contributed by atoms with Crippen LogP contribution in [0.2, 0.25) is 0 Å². The first-order valence-electron chi connectivity index (χ1n) is 6.20. The van der Waals surface area contributed by atoms with Crippen molar-refractivity contribution in [2.45, 2.75) is 18.9 Å². The van der Waals surface area contributed by atoms with Crippen LogP contribution in [0.25, 0.3) is 0 Å². The number of pyridine rings is 1. The summed E-state index contributed by atoms with van der Waals surface area (Å²) in [5, 5.41) is 3.57. The van der Waals surface area contributed by atoms with Gasteiger partial charge in [-0.1, -0.05) is 18.2 Å². The van der Waals surface area contributed by atoms with Gasteiger partial charge in [-0.2, -0.15) is 0 Å². The quantitative estimate of drug-likeness (QED) is 0.875. The minimum atomic E-state index is 0.322. The van der Waals surface area contributed by atoms with E-state index in [0.717, 1.165) is 18.6 Å². The topological polar surface area (TPSA) is 34.1 Å². The Hall–Kier alpha value is -2.03. The Labute approximate surface area is 107 Å². The molecule has 0 amide bonds. The van der Waals surface area contributed by atoms with E-state index in [1.54, 1.807) is 13.3 Å². The summed E-state index contributed by atoms with van der Waals surface area (Å²) in [5.74, 6) is 0.813. The van der Waals surface area contributed by atoms with E-state index in [0.29, 0.717) is 6.04 Å². The molecule has 0 saturated heterocycles. The molecule has 1 atom stereocenters. The van der Waals surface area contributed by atoms with E-state index < -0.39 is 0 Å². The number of benzene rings is 1. The second-order valence-corrected chi connectivity index (χ2v) is 4.55. The predicted octanol–water partition coefficient (Wildman–Crippen LogP) is 3.19. The molecule has 18 heavy (non-hydrogen) atoms. The second-order valence-electron chi connectivity index (χ2n) is 4.55. The van der Waals surface area contributed by atoms with Crippen molar-refractivity contribution >= 4 is 5.69 Å². The number of rotatable bonds is 2. The van der Waals surface area contributed by atoms with Crippen LogP contribution in [0.3, 0.4) is 0 Å². The molecule has 1 aliphatic rings. The van der Waals surface area contributed by atoms with E-state index in [-0.39, 0.29) is 0 Å². The fourth-order valence-electron chi connectivity index (χ4n) is 2.43. The Balaban J connectivity index is 1.87. The lowest BCUT2D eigenvalue weighted by Crippen LogP contribution is -2.18. The maximum atomic E-state index is 5.22. The lowest BCUT2D eigenvalue weighted by Gasteiger charge is -2.27. The SMILES string of the molecule is COc1cncc(C2CCc3ccccc3N2)c1. The molecule has 1 N–H and O–H groups in total. The van der Waals surface area contributed by atoms with Crippen molar-refractivity contribution in [3.8, 4) is 5.75 Å². The molecule has 0 bridgehead atoms. The first kappa shape index (κ1) is 11.1. The van der Waals surface area contributed by atoms with Crippen LogP contribution in [-0.2, 0) is 6.42 Å². The number of aryl methyl sites for hydroxylation is 1. The number of hydrogen-bond donors (Lipinski definition) is 1. The second kappa shape index (κ2) is 4.69. The monoisotopic (exact) mass is 240 g/mol. The van der Waals surface area contributed by atoms with Gasteiger partial charge < -0.3 is 10.1 Å². The van der Waals surface area contributed by atoms with Crippen molar-refractivity contribution in [3.05, 3.63) is 53.9 Å². The number of methoxy groups -OCH3 is 1. The third kappa shape index (κ3) is 2.04. The number of nitrogens with one attached hydrogen (secondary N) is 1. The Bertz CT molecular complexity index is 554. The molecule has 3 nitrogen and oxygen atoms in total. The Morgan fingerprint density at radius 1 is 1.28 bits per heavy atom. The molecule has 92 valence electrons. The molecule has 1 unspecified atom stereocenters. The van der Waals surface area contributed by atoms with Gasteiger partial charge in [0.2, 0.25) is 0 Å². The zero-order chi connectivity index (χ0) is 12.4. The third-order valence-electron chi connectivity index (χ3n) is 3.42. The molecule has 0 aliphatic carbocycles. The number of hydrogen-bond acceptors (Lipinski definition) is 3. The van der Waals surface area contributed by atoms with Crippen LogP contribution in [0.1, 0.15) is 23.6 Å². The highest BCUT2D eigenvalue weighted by Crippen LogP contribution is 2.32. The zero-order valence-electron chi connectivity index (χ0n) is 10.4. The summed E-state index contributed by atoms with van der Waals surface area (Å²) in [5.41, 5.74) is 3.81. The van der Waals surface area contributed by atoms with Crippen molar-refractivity contribution in [1.29, 1.82) is 0 Å². The van der Waals surface area contributed by atoms with E-state index in [1.165, 1.54) is 16.8 Å². The van der Waals surface area contributed by atoms with Gasteiger partial charge in [-0.15, -0.1) is 0 Å². The smallest absolute Gasteiger partial charge is 0.137 e. The fourth-order valence-corrected chi connectivity index (χ4v) is 2.43. The zero-order valence-corrected chi connectivity index (χ0v) is 10.4. The molecular formula is C15H16N2O. The van der Waals surface area contributed by atoms with E-state index >= 15 is 0 Å². The Kier molecular flexibility index (Phi) is 2.89. The third-order valence-corrected chi connectivity index (χ3v) is 3.42. The molecular weight excluding hydrogens is 224 g/mol. The number of ether oxygens (including phenoxy) is 1. The van der Waals surface area contributed by atoms with Gasteiger partial charge in [0.15, 0.2) is 0 Å². The summed E-state index contributed by atoms with van der Waals surface area (Å²) in [6.07, 6.45) is 5.84. The van der Waals surface area contributed by atoms with Crippen molar-refractivity contribution < 1.29 is 4.74 Å². The van der Waals surface area contributed by atoms with Crippen LogP contribution >= 0.6 is 0 Å². The van der Waals surface area contributed by atoms with E-state index in [2.05, 4.69) is 40.6 Å². The first-order valence-corrected chi connectivity index (χ1v) is 6.20. The van der Waals surface area contributed by atoms with Crippen molar-refractivity contribution in [2.75, 3.05) is 12.4 Å². The normalized spacial score (nSPS) is 17.7. The van der Waals surface area contributed by atoms with Gasteiger partial charge in [0.25, 0.3) is 0 Å². The van der Waals surface area contributed by atoms with Crippen LogP contribution in [0.4, 0.5) is 5.69 Å². The molecule has 3 rings (SSSR count). The summed E-state index contributed by atoms with van der Waals surface area (Å²) in [6.45, 7) is 0. The first-order chi connectivity index (χ1) is 8.86. The summed E-state index contributed by atoms with van der Waals surface area (Å²) < 4.78 is 5.22. The molecule has 1 aliphatic heterocycles. The van der Waals surface area contributed by atoms with Crippen LogP contribution in [0.5, 0.6) is 5.75 Å². The number of nitrogens with zero attached hydrogens (tertiary/aromatic N) is 1. The van der Waals surface area contributed by atoms with Crippen LogP contribution in [-0.4, -0.2) is 12.1 Å². The number of aromatic nitrogens is 1. The summed E-state index contributed by atoms with van der Waals surface area (Å²) >= 11 is 0. The Morgan fingerprint density at radius 3 is 3.06 bits per heavy atom. The number of anilines is 1. The summed E-state index contributed by atoms with van der Waals surface area (Å²) in [6, 6.07) is 10.9. The van der Waals surface area contributed by atoms with Gasteiger partial charge >= 0.3 is 0 Å². The van der Waals surface area contributed by atoms with Gasteiger partial charge in [0, 0.05) is 11.9 Å². The van der Waals surface area contributed by atoms with Crippen LogP contribution in [0, 0.1) is 0 Å². The number of fused-ring (bicyclic) bond motifs is 1. The average Bonchev–Trinajstić information content (AvgIpc) is 2.47. The van der Waals surface area contributed by atoms with Gasteiger partial charge in [-0.05, 0) is 36.1 Å². The molecule has 2 heterocycles. The molecule has 0 radical (unpaired) electrons. The van der Waals surface area contributed by atoms with Gasteiger partial charge in [0.05, 0.1) is 19.3 Å². The average molecular weight is 240 g/mol. The molecule has 1 aromatic carbocycles. The predicted molar refractivity (Wildman–Crippen MR) is 71.9 cm³/mol. The largest absolute Gasteiger partial charge is 0.495 e. The molecule has 0 spiro atoms.